The first-order valence-electron chi connectivity index (χ1n) is 10.9. The second-order valence-electron chi connectivity index (χ2n) is 7.54. The Kier molecular flexibility index (Phi) is 7.60. The molecule has 0 amide bonds. The van der Waals surface area contributed by atoms with E-state index in [1.54, 1.807) is 19.1 Å². The molecule has 0 heterocycles. The van der Waals surface area contributed by atoms with Gasteiger partial charge in [-0.15, -0.1) is 0 Å². The monoisotopic (exact) mass is 382 g/mol. The van der Waals surface area contributed by atoms with Crippen molar-refractivity contribution in [1.29, 1.82) is 0 Å². The fraction of sp³-hybridized carbons (Fsp3) is 0.583. The van der Waals surface area contributed by atoms with Crippen molar-refractivity contribution in [1.82, 2.24) is 0 Å². The topological polar surface area (TPSA) is 0 Å². The number of hydrogen-bond donors (Lipinski definition) is 0. The highest BCUT2D eigenvalue weighted by atomic mass is 19.4. The molecule has 152 valence electrons. The van der Waals surface area contributed by atoms with Gasteiger partial charge < -0.3 is 0 Å². The largest absolute Gasteiger partial charge is 0.416 e. The second kappa shape index (κ2) is 10.1. The lowest BCUT2D eigenvalue weighted by atomic mass is 9.71. The Labute approximate surface area is 165 Å². The van der Waals surface area contributed by atoms with Crippen LogP contribution in [0.1, 0.15) is 79.6 Å². The SMILES string of the molecule is C/C=C/C1CCC(C2CC=C(c3ccc(C(F)(F)F)cc3)CC2)CC1.[3H]CC.[HH]. The summed E-state index contributed by atoms with van der Waals surface area (Å²) >= 11 is 0. The van der Waals surface area contributed by atoms with Gasteiger partial charge in [-0.1, -0.05) is 44.2 Å². The molecule has 0 aliphatic heterocycles. The molecule has 0 N–H and O–H groups in total. The van der Waals surface area contributed by atoms with Gasteiger partial charge in [-0.25, -0.2) is 0 Å². The van der Waals surface area contributed by atoms with Crippen molar-refractivity contribution in [2.75, 3.05) is 0 Å². The number of hydrogen-bond acceptors (Lipinski definition) is 0. The van der Waals surface area contributed by atoms with Gasteiger partial charge in [-0.3, -0.25) is 0 Å². The lowest BCUT2D eigenvalue weighted by Crippen LogP contribution is -2.22. The van der Waals surface area contributed by atoms with Crippen LogP contribution in [-0.4, -0.2) is 0 Å². The molecule has 0 saturated heterocycles. The molecule has 1 aromatic rings. The average Bonchev–Trinajstić information content (AvgIpc) is 2.69. The maximum Gasteiger partial charge on any atom is 0.416 e. The molecule has 0 nitrogen and oxygen atoms in total. The van der Waals surface area contributed by atoms with Gasteiger partial charge in [0.25, 0.3) is 0 Å². The maximum absolute atomic E-state index is 12.7. The first kappa shape index (κ1) is 20.2. The normalized spacial score (nSPS) is 26.8. The summed E-state index contributed by atoms with van der Waals surface area (Å²) in [6.07, 6.45) is 11.0. The van der Waals surface area contributed by atoms with Gasteiger partial charge in [0, 0.05) is 2.80 Å². The molecule has 0 radical (unpaired) electrons. The van der Waals surface area contributed by atoms with Gasteiger partial charge in [-0.05, 0) is 92.9 Å². The number of benzene rings is 1. The molecule has 0 aromatic heterocycles. The van der Waals surface area contributed by atoms with E-state index in [0.29, 0.717) is 6.90 Å². The smallest absolute Gasteiger partial charge is 0.166 e. The molecule has 2 aliphatic carbocycles. The van der Waals surface area contributed by atoms with Crippen LogP contribution < -0.4 is 0 Å². The number of rotatable bonds is 3. The standard InChI is InChI=1S/C22H27F3.C2H6.H2/c1-2-3-16-4-6-17(7-5-16)18-8-10-19(11-9-18)20-12-14-21(15-13-20)22(23,24)25;1-2;/h2-3,10,12-18H,4-9,11H2,1H3;1-2H3;1H/b3-2+;;/i;1T;. The van der Waals surface area contributed by atoms with Crippen LogP contribution in [0.3, 0.4) is 0 Å². The molecule has 3 rings (SSSR count). The van der Waals surface area contributed by atoms with E-state index < -0.39 is 11.7 Å². The lowest BCUT2D eigenvalue weighted by molar-refractivity contribution is -0.137. The van der Waals surface area contributed by atoms with E-state index in [1.807, 2.05) is 0 Å². The third-order valence-electron chi connectivity index (χ3n) is 5.98. The van der Waals surface area contributed by atoms with E-state index >= 15 is 0 Å². The summed E-state index contributed by atoms with van der Waals surface area (Å²) in [6, 6.07) is 5.64. The van der Waals surface area contributed by atoms with Crippen LogP contribution in [0.5, 0.6) is 0 Å². The lowest BCUT2D eigenvalue weighted by Gasteiger charge is -2.34. The Balaban J connectivity index is 0.000000990. The molecule has 1 fully saturated rings. The average molecular weight is 383 g/mol. The van der Waals surface area contributed by atoms with Crippen molar-refractivity contribution in [3.05, 3.63) is 53.6 Å². The van der Waals surface area contributed by atoms with E-state index in [1.165, 1.54) is 49.8 Å². The van der Waals surface area contributed by atoms with Crippen molar-refractivity contribution in [3.63, 3.8) is 0 Å². The Morgan fingerprint density at radius 1 is 1.04 bits per heavy atom. The fourth-order valence-electron chi connectivity index (χ4n) is 4.50. The first-order valence-corrected chi connectivity index (χ1v) is 10.2. The van der Waals surface area contributed by atoms with E-state index in [4.69, 9.17) is 1.37 Å². The minimum Gasteiger partial charge on any atom is -0.166 e. The van der Waals surface area contributed by atoms with Gasteiger partial charge in [-0.2, -0.15) is 13.2 Å². The van der Waals surface area contributed by atoms with Gasteiger partial charge in [0.2, 0.25) is 0 Å². The quantitative estimate of drug-likeness (QED) is 0.459. The highest BCUT2D eigenvalue weighted by molar-refractivity contribution is 5.66. The number of alkyl halides is 3. The zero-order valence-corrected chi connectivity index (χ0v) is 16.6. The summed E-state index contributed by atoms with van der Waals surface area (Å²) in [5, 5.41) is 0. The Morgan fingerprint density at radius 3 is 2.15 bits per heavy atom. The van der Waals surface area contributed by atoms with E-state index in [2.05, 4.69) is 25.2 Å². The van der Waals surface area contributed by atoms with Crippen molar-refractivity contribution in [2.24, 2.45) is 17.8 Å². The highest BCUT2D eigenvalue weighted by Crippen LogP contribution is 2.41. The van der Waals surface area contributed by atoms with Gasteiger partial charge >= 0.3 is 6.18 Å². The predicted molar refractivity (Wildman–Crippen MR) is 110 cm³/mol. The minimum atomic E-state index is -4.25. The van der Waals surface area contributed by atoms with Crippen LogP contribution >= 0.6 is 0 Å². The van der Waals surface area contributed by atoms with E-state index in [-0.39, 0.29) is 1.43 Å². The number of allylic oxidation sites excluding steroid dienone is 4. The zero-order valence-electron chi connectivity index (χ0n) is 17.6. The summed E-state index contributed by atoms with van der Waals surface area (Å²) < 4.78 is 44.2. The van der Waals surface area contributed by atoms with Gasteiger partial charge in [0.15, 0.2) is 0 Å². The molecule has 1 atom stereocenters. The zero-order chi connectivity index (χ0) is 20.6. The van der Waals surface area contributed by atoms with Crippen LogP contribution in [0.2, 0.25) is 0 Å². The highest BCUT2D eigenvalue weighted by Gasteiger charge is 2.31. The van der Waals surface area contributed by atoms with E-state index in [0.717, 1.165) is 36.2 Å². The van der Waals surface area contributed by atoms with Crippen molar-refractivity contribution < 1.29 is 16.0 Å². The van der Waals surface area contributed by atoms with Crippen molar-refractivity contribution >= 4 is 5.57 Å². The summed E-state index contributed by atoms with van der Waals surface area (Å²) in [5.74, 6) is 2.35. The summed E-state index contributed by atoms with van der Waals surface area (Å²) in [6.45, 7) is 4.39. The molecular weight excluding hydrogens is 345 g/mol. The molecule has 0 bridgehead atoms. The van der Waals surface area contributed by atoms with Crippen LogP contribution in [0, 0.1) is 17.8 Å². The third-order valence-corrected chi connectivity index (χ3v) is 5.98. The van der Waals surface area contributed by atoms with Crippen molar-refractivity contribution in [3.8, 4) is 0 Å². The molecule has 1 saturated carbocycles. The Hall–Kier alpha value is -1.51. The molecular formula is C24H35F3. The minimum absolute atomic E-state index is 0. The van der Waals surface area contributed by atoms with Gasteiger partial charge in [0.05, 0.1) is 5.56 Å². The summed E-state index contributed by atoms with van der Waals surface area (Å²) in [7, 11) is 0. The van der Waals surface area contributed by atoms with Crippen LogP contribution in [0.25, 0.3) is 5.57 Å². The Morgan fingerprint density at radius 2 is 1.67 bits per heavy atom. The van der Waals surface area contributed by atoms with Crippen molar-refractivity contribution in [2.45, 2.75) is 71.9 Å². The molecule has 1 unspecified atom stereocenters. The second-order valence-corrected chi connectivity index (χ2v) is 7.54. The summed E-state index contributed by atoms with van der Waals surface area (Å²) in [5.41, 5.74) is 1.60. The van der Waals surface area contributed by atoms with E-state index in [9.17, 15) is 13.2 Å². The maximum atomic E-state index is 12.7. The fourth-order valence-corrected chi connectivity index (χ4v) is 4.50. The number of halogens is 3. The van der Waals surface area contributed by atoms with Gasteiger partial charge in [0.1, 0.15) is 0 Å². The molecule has 3 heteroatoms. The van der Waals surface area contributed by atoms with Crippen LogP contribution in [-0.2, 0) is 6.18 Å². The summed E-state index contributed by atoms with van der Waals surface area (Å²) in [4.78, 5) is 0. The molecule has 27 heavy (non-hydrogen) atoms. The predicted octanol–water partition coefficient (Wildman–Crippen LogP) is 8.54. The Bertz CT molecular complexity index is 639. The molecule has 2 aliphatic rings. The molecule has 1 aromatic carbocycles. The molecule has 0 spiro atoms. The van der Waals surface area contributed by atoms with Crippen LogP contribution in [0.15, 0.2) is 42.5 Å². The van der Waals surface area contributed by atoms with Crippen LogP contribution in [0.4, 0.5) is 13.2 Å². The third kappa shape index (κ3) is 5.99. The first-order chi connectivity index (χ1) is 13.4.